The molecule has 202 valence electrons. The minimum Gasteiger partial charge on any atom is -0.393 e. The Hall–Kier alpha value is -0.570. The normalized spacial score (nSPS) is 52.2. The SMILES string of the molecule is CCCNC(=O)CC[C@@H](C)[C@H]1CC[C@]2(C)[C@]1(C)[C@@H](O)C[C@@]1(C)[C@@]2(C)CC[C@]2(C)C[C@H](C)CC[C@@]21C. The molecule has 35 heavy (non-hydrogen) atoms. The minimum absolute atomic E-state index is 0.0906. The molecule has 0 aromatic carbocycles. The smallest absolute Gasteiger partial charge is 0.220 e. The number of aliphatic hydroxyl groups excluding tert-OH is 1. The molecule has 4 aliphatic rings. The Kier molecular flexibility index (Phi) is 6.86. The molecule has 1 amide bonds. The number of hydrogen-bond donors (Lipinski definition) is 2. The minimum atomic E-state index is -0.270. The second kappa shape index (κ2) is 8.74. The van der Waals surface area contributed by atoms with E-state index in [1.165, 1.54) is 44.9 Å². The van der Waals surface area contributed by atoms with Crippen LogP contribution >= 0.6 is 0 Å². The van der Waals surface area contributed by atoms with Gasteiger partial charge in [0.1, 0.15) is 0 Å². The molecule has 0 radical (unpaired) electrons. The molecule has 4 rings (SSSR count). The lowest BCUT2D eigenvalue weighted by Crippen LogP contribution is -2.73. The largest absolute Gasteiger partial charge is 0.393 e. The van der Waals surface area contributed by atoms with Gasteiger partial charge in [-0.1, -0.05) is 68.7 Å². The van der Waals surface area contributed by atoms with Gasteiger partial charge in [0.2, 0.25) is 5.91 Å². The molecule has 0 saturated heterocycles. The van der Waals surface area contributed by atoms with E-state index in [1.807, 2.05) is 0 Å². The van der Waals surface area contributed by atoms with E-state index in [0.29, 0.717) is 23.7 Å². The number of carbonyl (C=O) groups is 1. The van der Waals surface area contributed by atoms with Crippen molar-refractivity contribution in [3.05, 3.63) is 0 Å². The fourth-order valence-electron chi connectivity index (χ4n) is 11.3. The summed E-state index contributed by atoms with van der Waals surface area (Å²) in [6.07, 6.45) is 12.2. The third-order valence-corrected chi connectivity index (χ3v) is 14.4. The van der Waals surface area contributed by atoms with Crippen LogP contribution in [0, 0.1) is 50.2 Å². The maximum absolute atomic E-state index is 12.4. The van der Waals surface area contributed by atoms with E-state index < -0.39 is 0 Å². The van der Waals surface area contributed by atoms with Gasteiger partial charge in [-0.15, -0.1) is 0 Å². The van der Waals surface area contributed by atoms with Gasteiger partial charge in [0.15, 0.2) is 0 Å². The lowest BCUT2D eigenvalue weighted by Gasteiger charge is -2.78. The highest BCUT2D eigenvalue weighted by Gasteiger charge is 2.78. The summed E-state index contributed by atoms with van der Waals surface area (Å²) < 4.78 is 0. The van der Waals surface area contributed by atoms with Crippen molar-refractivity contribution in [2.24, 2.45) is 50.2 Å². The topological polar surface area (TPSA) is 49.3 Å². The molecule has 0 heterocycles. The third-order valence-electron chi connectivity index (χ3n) is 14.4. The average molecular weight is 488 g/mol. The number of hydrogen-bond acceptors (Lipinski definition) is 2. The van der Waals surface area contributed by atoms with E-state index in [0.717, 1.165) is 31.7 Å². The summed E-state index contributed by atoms with van der Waals surface area (Å²) in [5.74, 6) is 1.95. The Morgan fingerprint density at radius 2 is 1.57 bits per heavy atom. The molecule has 2 N–H and O–H groups in total. The zero-order chi connectivity index (χ0) is 26.1. The molecule has 0 unspecified atom stereocenters. The van der Waals surface area contributed by atoms with E-state index in [2.05, 4.69) is 67.6 Å². The first-order chi connectivity index (χ1) is 16.2. The molecule has 10 atom stereocenters. The van der Waals surface area contributed by atoms with Crippen LogP contribution in [-0.2, 0) is 4.79 Å². The number of carbonyl (C=O) groups excluding carboxylic acids is 1. The van der Waals surface area contributed by atoms with E-state index in [4.69, 9.17) is 0 Å². The Labute approximate surface area is 217 Å². The van der Waals surface area contributed by atoms with Gasteiger partial charge in [-0.05, 0) is 103 Å². The first-order valence-corrected chi connectivity index (χ1v) is 15.1. The summed E-state index contributed by atoms with van der Waals surface area (Å²) in [5, 5.41) is 15.3. The second-order valence-electron chi connectivity index (χ2n) is 15.3. The fourth-order valence-corrected chi connectivity index (χ4v) is 11.3. The number of nitrogens with one attached hydrogen (secondary N) is 1. The first-order valence-electron chi connectivity index (χ1n) is 15.1. The van der Waals surface area contributed by atoms with Crippen LogP contribution in [0.4, 0.5) is 0 Å². The Morgan fingerprint density at radius 3 is 2.23 bits per heavy atom. The van der Waals surface area contributed by atoms with E-state index >= 15 is 0 Å². The van der Waals surface area contributed by atoms with Crippen LogP contribution < -0.4 is 5.32 Å². The average Bonchev–Trinajstić information content (AvgIpc) is 3.09. The molecule has 4 saturated carbocycles. The molecule has 0 bridgehead atoms. The van der Waals surface area contributed by atoms with Crippen LogP contribution in [0.3, 0.4) is 0 Å². The highest BCUT2D eigenvalue weighted by atomic mass is 16.3. The van der Waals surface area contributed by atoms with E-state index in [-0.39, 0.29) is 39.1 Å². The van der Waals surface area contributed by atoms with Crippen molar-refractivity contribution in [3.63, 3.8) is 0 Å². The van der Waals surface area contributed by atoms with Gasteiger partial charge < -0.3 is 10.4 Å². The van der Waals surface area contributed by atoms with Crippen LogP contribution in [0.5, 0.6) is 0 Å². The summed E-state index contributed by atoms with van der Waals surface area (Å²) in [5.41, 5.74) is 1.02. The van der Waals surface area contributed by atoms with Crippen molar-refractivity contribution in [1.82, 2.24) is 5.32 Å². The van der Waals surface area contributed by atoms with Gasteiger partial charge in [0.25, 0.3) is 0 Å². The summed E-state index contributed by atoms with van der Waals surface area (Å²) in [6, 6.07) is 0. The third kappa shape index (κ3) is 3.41. The van der Waals surface area contributed by atoms with Gasteiger partial charge in [0.05, 0.1) is 6.10 Å². The van der Waals surface area contributed by atoms with Crippen LogP contribution in [0.15, 0.2) is 0 Å². The zero-order valence-electron chi connectivity index (χ0n) is 24.7. The summed E-state index contributed by atoms with van der Waals surface area (Å²) in [7, 11) is 0. The van der Waals surface area contributed by atoms with E-state index in [9.17, 15) is 9.90 Å². The Balaban J connectivity index is 1.66. The van der Waals surface area contributed by atoms with Gasteiger partial charge in [0, 0.05) is 18.4 Å². The predicted octanol–water partition coefficient (Wildman–Crippen LogP) is 7.76. The quantitative estimate of drug-likeness (QED) is 0.402. The van der Waals surface area contributed by atoms with Crippen LogP contribution in [0.2, 0.25) is 0 Å². The summed E-state index contributed by atoms with van der Waals surface area (Å²) in [6.45, 7) is 23.2. The monoisotopic (exact) mass is 487 g/mol. The number of amides is 1. The maximum atomic E-state index is 12.4. The maximum Gasteiger partial charge on any atom is 0.220 e. The van der Waals surface area contributed by atoms with Crippen LogP contribution in [-0.4, -0.2) is 23.7 Å². The fraction of sp³-hybridized carbons (Fsp3) is 0.969. The Morgan fingerprint density at radius 1 is 0.914 bits per heavy atom. The molecule has 0 aliphatic heterocycles. The molecule has 4 fully saturated rings. The molecular formula is C32H57NO2. The highest BCUT2D eigenvalue weighted by molar-refractivity contribution is 5.75. The Bertz CT molecular complexity index is 826. The zero-order valence-corrected chi connectivity index (χ0v) is 24.7. The van der Waals surface area contributed by atoms with Crippen LogP contribution in [0.25, 0.3) is 0 Å². The van der Waals surface area contributed by atoms with Gasteiger partial charge in [-0.25, -0.2) is 0 Å². The summed E-state index contributed by atoms with van der Waals surface area (Å²) in [4.78, 5) is 12.4. The highest BCUT2D eigenvalue weighted by Crippen LogP contribution is 2.84. The van der Waals surface area contributed by atoms with Crippen molar-refractivity contribution in [1.29, 1.82) is 0 Å². The van der Waals surface area contributed by atoms with Crippen molar-refractivity contribution >= 4 is 5.91 Å². The van der Waals surface area contributed by atoms with Crippen molar-refractivity contribution in [2.45, 2.75) is 139 Å². The molecule has 3 heteroatoms. The predicted molar refractivity (Wildman–Crippen MR) is 146 cm³/mol. The number of rotatable bonds is 6. The second-order valence-corrected chi connectivity index (χ2v) is 15.3. The molecule has 0 aromatic rings. The van der Waals surface area contributed by atoms with Gasteiger partial charge in [-0.2, -0.15) is 0 Å². The van der Waals surface area contributed by atoms with Crippen molar-refractivity contribution in [2.75, 3.05) is 6.54 Å². The van der Waals surface area contributed by atoms with Gasteiger partial charge >= 0.3 is 0 Å². The van der Waals surface area contributed by atoms with Crippen LogP contribution in [0.1, 0.15) is 133 Å². The summed E-state index contributed by atoms with van der Waals surface area (Å²) >= 11 is 0. The first kappa shape index (κ1) is 27.5. The lowest BCUT2D eigenvalue weighted by molar-refractivity contribution is -0.313. The molecule has 4 aliphatic carbocycles. The van der Waals surface area contributed by atoms with Crippen molar-refractivity contribution < 1.29 is 9.90 Å². The number of fused-ring (bicyclic) bond motifs is 5. The van der Waals surface area contributed by atoms with E-state index in [1.54, 1.807) is 0 Å². The molecule has 0 aromatic heterocycles. The van der Waals surface area contributed by atoms with Crippen molar-refractivity contribution in [3.8, 4) is 0 Å². The van der Waals surface area contributed by atoms with Gasteiger partial charge in [-0.3, -0.25) is 4.79 Å². The lowest BCUT2D eigenvalue weighted by atomic mass is 9.26. The molecular weight excluding hydrogens is 430 g/mol. The molecule has 3 nitrogen and oxygen atoms in total. The standard InChI is InChI=1S/C32H57NO2/c1-10-19-33-26(35)12-11-23(3)24-14-16-30(7)29(6)18-17-27(4)20-22(2)13-15-28(27,5)31(29,8)21-25(34)32(24,30)9/h22-25,34H,10-21H2,1-9H3,(H,33,35)/t22-,23-,24-,25+,27-,28+,29+,30+,31-,32+/m1/s1. The number of aliphatic hydroxyl groups is 1. The molecule has 0 spiro atoms.